The number of benzene rings is 2. The van der Waals surface area contributed by atoms with E-state index in [-0.39, 0.29) is 24.8 Å². The summed E-state index contributed by atoms with van der Waals surface area (Å²) in [4.78, 5) is 44.2. The third-order valence-corrected chi connectivity index (χ3v) is 7.33. The number of hydroxylamine groups is 1. The van der Waals surface area contributed by atoms with E-state index in [2.05, 4.69) is 28.5 Å². The van der Waals surface area contributed by atoms with Gasteiger partial charge in [-0.2, -0.15) is 0 Å². The van der Waals surface area contributed by atoms with Crippen LogP contribution in [0.4, 0.5) is 5.13 Å². The lowest BCUT2D eigenvalue weighted by molar-refractivity contribution is -0.144. The fraction of sp³-hybridized carbons (Fsp3) is 0.333. The van der Waals surface area contributed by atoms with Crippen LogP contribution in [0.2, 0.25) is 0 Å². The molecule has 1 aromatic heterocycles. The topological polar surface area (TPSA) is 121 Å². The van der Waals surface area contributed by atoms with Crippen molar-refractivity contribution in [2.75, 3.05) is 11.9 Å². The number of ether oxygens (including phenoxy) is 1. The van der Waals surface area contributed by atoms with E-state index in [1.807, 2.05) is 13.8 Å². The summed E-state index contributed by atoms with van der Waals surface area (Å²) in [7, 11) is 0. The van der Waals surface area contributed by atoms with E-state index in [4.69, 9.17) is 9.94 Å². The number of carbonyl (C=O) groups is 3. The van der Waals surface area contributed by atoms with Gasteiger partial charge >= 0.3 is 0 Å². The Labute approximate surface area is 219 Å². The Morgan fingerprint density at radius 3 is 2.51 bits per heavy atom. The average Bonchev–Trinajstić information content (AvgIpc) is 3.50. The summed E-state index contributed by atoms with van der Waals surface area (Å²) in [5.74, 6) is -0.742. The van der Waals surface area contributed by atoms with E-state index in [0.29, 0.717) is 29.5 Å². The lowest BCUT2D eigenvalue weighted by Crippen LogP contribution is -2.48. The average molecular weight is 523 g/mol. The minimum absolute atomic E-state index is 0.113. The van der Waals surface area contributed by atoms with Crippen molar-refractivity contribution in [3.63, 3.8) is 0 Å². The van der Waals surface area contributed by atoms with Crippen molar-refractivity contribution in [3.8, 4) is 5.75 Å². The molecule has 0 aliphatic carbocycles. The Kier molecular flexibility index (Phi) is 7.89. The smallest absolute Gasteiger partial charge is 0.265 e. The summed E-state index contributed by atoms with van der Waals surface area (Å²) >= 11 is 1.29. The van der Waals surface area contributed by atoms with Gasteiger partial charge in [0.2, 0.25) is 11.8 Å². The number of rotatable bonds is 9. The fourth-order valence-corrected chi connectivity index (χ4v) is 5.39. The van der Waals surface area contributed by atoms with Crippen LogP contribution in [0.25, 0.3) is 0 Å². The number of nitrogens with one attached hydrogen (secondary N) is 2. The molecule has 1 aliphatic heterocycles. The van der Waals surface area contributed by atoms with Gasteiger partial charge in [0, 0.05) is 24.5 Å². The molecular formula is C27H30N4O5S. The summed E-state index contributed by atoms with van der Waals surface area (Å²) < 4.78 is 5.97. The number of hydrogen-bond donors (Lipinski definition) is 3. The number of hydrogen-bond acceptors (Lipinski definition) is 7. The standard InChI is InChI=1S/C27H30N4O5S/c1-17-12-18(2)14-20(13-17)16-36-22-6-4-21(5-7-22)27(15-23(32)29-26-28-9-11-37-26)8-10-31(25(27)34)19(3)24(33)30-35/h4-7,9,11-14,19,35H,8,10,15-16H2,1-3H3,(H,30,33)(H,28,29,32). The molecule has 37 heavy (non-hydrogen) atoms. The zero-order valence-electron chi connectivity index (χ0n) is 21.0. The maximum atomic E-state index is 13.7. The van der Waals surface area contributed by atoms with E-state index < -0.39 is 17.4 Å². The lowest BCUT2D eigenvalue weighted by Gasteiger charge is -2.30. The molecule has 2 heterocycles. The number of aryl methyl sites for hydroxylation is 2. The van der Waals surface area contributed by atoms with Gasteiger partial charge in [-0.25, -0.2) is 10.5 Å². The monoisotopic (exact) mass is 522 g/mol. The number of anilines is 1. The zero-order valence-corrected chi connectivity index (χ0v) is 21.8. The zero-order chi connectivity index (χ0) is 26.6. The van der Waals surface area contributed by atoms with E-state index in [1.54, 1.807) is 48.2 Å². The fourth-order valence-electron chi connectivity index (χ4n) is 4.84. The third-order valence-electron chi connectivity index (χ3n) is 6.64. The largest absolute Gasteiger partial charge is 0.489 e. The van der Waals surface area contributed by atoms with Crippen LogP contribution >= 0.6 is 11.3 Å². The highest BCUT2D eigenvalue weighted by molar-refractivity contribution is 7.13. The van der Waals surface area contributed by atoms with Gasteiger partial charge in [0.15, 0.2) is 5.13 Å². The number of thiazole rings is 1. The number of carbonyl (C=O) groups excluding carboxylic acids is 3. The Bertz CT molecular complexity index is 1260. The van der Waals surface area contributed by atoms with Crippen molar-refractivity contribution >= 4 is 34.2 Å². The molecule has 0 spiro atoms. The molecule has 4 rings (SSSR count). The molecule has 194 valence electrons. The molecule has 1 fully saturated rings. The van der Waals surface area contributed by atoms with Gasteiger partial charge in [-0.3, -0.25) is 19.6 Å². The van der Waals surface area contributed by atoms with Gasteiger partial charge < -0.3 is 15.0 Å². The molecule has 0 bridgehead atoms. The van der Waals surface area contributed by atoms with Crippen LogP contribution in [-0.2, 0) is 26.4 Å². The van der Waals surface area contributed by atoms with Crippen LogP contribution in [0.5, 0.6) is 5.75 Å². The Morgan fingerprint density at radius 1 is 1.19 bits per heavy atom. The third kappa shape index (κ3) is 5.81. The summed E-state index contributed by atoms with van der Waals surface area (Å²) in [5, 5.41) is 14.0. The van der Waals surface area contributed by atoms with Gasteiger partial charge in [-0.15, -0.1) is 11.3 Å². The van der Waals surface area contributed by atoms with E-state index in [1.165, 1.54) is 27.4 Å². The van der Waals surface area contributed by atoms with Gasteiger partial charge in [-0.05, 0) is 50.5 Å². The van der Waals surface area contributed by atoms with Gasteiger partial charge in [0.25, 0.3) is 5.91 Å². The molecule has 3 N–H and O–H groups in total. The highest BCUT2D eigenvalue weighted by Gasteiger charge is 2.51. The number of nitrogens with zero attached hydrogens (tertiary/aromatic N) is 2. The SMILES string of the molecule is Cc1cc(C)cc(COc2ccc(C3(CC(=O)Nc4nccs4)CCN(C(C)C(=O)NO)C3=O)cc2)c1. The summed E-state index contributed by atoms with van der Waals surface area (Å²) in [6.07, 6.45) is 1.81. The lowest BCUT2D eigenvalue weighted by atomic mass is 9.76. The molecule has 3 amide bonds. The summed E-state index contributed by atoms with van der Waals surface area (Å²) in [6.45, 7) is 6.30. The molecule has 1 saturated heterocycles. The quantitative estimate of drug-likeness (QED) is 0.291. The van der Waals surface area contributed by atoms with Crippen LogP contribution in [0.3, 0.4) is 0 Å². The van der Waals surface area contributed by atoms with Crippen molar-refractivity contribution < 1.29 is 24.3 Å². The first-order valence-electron chi connectivity index (χ1n) is 12.0. The maximum Gasteiger partial charge on any atom is 0.265 e. The predicted molar refractivity (Wildman–Crippen MR) is 139 cm³/mol. The van der Waals surface area contributed by atoms with Crippen molar-refractivity contribution in [2.24, 2.45) is 0 Å². The summed E-state index contributed by atoms with van der Waals surface area (Å²) in [5.41, 5.74) is 4.49. The normalized spacial score (nSPS) is 17.9. The van der Waals surface area contributed by atoms with Crippen molar-refractivity contribution in [3.05, 3.63) is 76.3 Å². The summed E-state index contributed by atoms with van der Waals surface area (Å²) in [6, 6.07) is 12.5. The molecule has 2 aromatic carbocycles. The van der Waals surface area contributed by atoms with E-state index in [0.717, 1.165) is 5.56 Å². The van der Waals surface area contributed by atoms with Crippen LogP contribution in [0.1, 0.15) is 42.0 Å². The van der Waals surface area contributed by atoms with Crippen LogP contribution in [0.15, 0.2) is 54.0 Å². The molecule has 0 saturated carbocycles. The minimum Gasteiger partial charge on any atom is -0.489 e. The van der Waals surface area contributed by atoms with Crippen molar-refractivity contribution in [1.29, 1.82) is 0 Å². The number of aromatic nitrogens is 1. The highest BCUT2D eigenvalue weighted by atomic mass is 32.1. The van der Waals surface area contributed by atoms with Crippen LogP contribution < -0.4 is 15.5 Å². The molecule has 0 radical (unpaired) electrons. The molecule has 2 unspecified atom stereocenters. The minimum atomic E-state index is -1.17. The molecular weight excluding hydrogens is 492 g/mol. The Balaban J connectivity index is 1.56. The first-order chi connectivity index (χ1) is 17.7. The highest BCUT2D eigenvalue weighted by Crippen LogP contribution is 2.41. The molecule has 2 atom stereocenters. The van der Waals surface area contributed by atoms with E-state index >= 15 is 0 Å². The first kappa shape index (κ1) is 26.3. The van der Waals surface area contributed by atoms with Gasteiger partial charge in [0.1, 0.15) is 18.4 Å². The molecule has 1 aliphatic rings. The van der Waals surface area contributed by atoms with Crippen molar-refractivity contribution in [2.45, 2.75) is 51.7 Å². The van der Waals surface area contributed by atoms with E-state index in [9.17, 15) is 14.4 Å². The molecule has 10 heteroatoms. The Hall–Kier alpha value is -3.76. The second-order valence-corrected chi connectivity index (χ2v) is 10.2. The van der Waals surface area contributed by atoms with Crippen molar-refractivity contribution in [1.82, 2.24) is 15.4 Å². The van der Waals surface area contributed by atoms with Gasteiger partial charge in [-0.1, -0.05) is 41.5 Å². The molecule has 9 nitrogen and oxygen atoms in total. The molecule has 3 aromatic rings. The second-order valence-electron chi connectivity index (χ2n) is 9.35. The maximum absolute atomic E-state index is 13.7. The van der Waals surface area contributed by atoms with Crippen LogP contribution in [0, 0.1) is 13.8 Å². The Morgan fingerprint density at radius 2 is 1.89 bits per heavy atom. The van der Waals surface area contributed by atoms with Gasteiger partial charge in [0.05, 0.1) is 5.41 Å². The second kappa shape index (κ2) is 11.1. The number of likely N-dealkylation sites (tertiary alicyclic amines) is 1. The van der Waals surface area contributed by atoms with Crippen LogP contribution in [-0.4, -0.2) is 45.4 Å². The number of amides is 3. The predicted octanol–water partition coefficient (Wildman–Crippen LogP) is 3.73. The first-order valence-corrected chi connectivity index (χ1v) is 12.8.